The standard InChI is InChI=1S/C27H30N2O5/c30-25(29-14-6-13-24(29)26(31)32)18-12-5-7-17(18)15-28-27(33)34-16-23-21-10-3-1-8-19(21)20-9-2-4-11-22(20)23/h1-4,8-11,17-18,23-24H,5-7,12-16H2,(H,28,33)(H,31,32). The Morgan fingerprint density at radius 3 is 2.29 bits per heavy atom. The monoisotopic (exact) mass is 462 g/mol. The Hall–Kier alpha value is -3.35. The van der Waals surface area contributed by atoms with E-state index in [1.165, 1.54) is 16.0 Å². The molecule has 3 unspecified atom stereocenters. The van der Waals surface area contributed by atoms with Gasteiger partial charge in [-0.3, -0.25) is 4.79 Å². The first-order valence-electron chi connectivity index (χ1n) is 12.2. The summed E-state index contributed by atoms with van der Waals surface area (Å²) in [4.78, 5) is 38.6. The van der Waals surface area contributed by atoms with Crippen LogP contribution in [-0.2, 0) is 14.3 Å². The zero-order valence-corrected chi connectivity index (χ0v) is 19.1. The SMILES string of the molecule is O=C(NCC1CCCC1C(=O)N1CCCC1C(=O)O)OCC1c2ccccc2-c2ccccc21. The molecule has 2 aromatic rings. The van der Waals surface area contributed by atoms with Crippen molar-refractivity contribution in [3.63, 3.8) is 0 Å². The molecule has 2 aromatic carbocycles. The van der Waals surface area contributed by atoms with E-state index in [2.05, 4.69) is 29.6 Å². The second kappa shape index (κ2) is 9.49. The number of alkyl carbamates (subject to hydrolysis) is 1. The Morgan fingerprint density at radius 2 is 1.62 bits per heavy atom. The fraction of sp³-hybridized carbons (Fsp3) is 0.444. The summed E-state index contributed by atoms with van der Waals surface area (Å²) in [5, 5.41) is 12.3. The molecule has 0 aromatic heterocycles. The van der Waals surface area contributed by atoms with E-state index in [-0.39, 0.29) is 30.3 Å². The molecule has 178 valence electrons. The molecular weight excluding hydrogens is 432 g/mol. The molecule has 2 amide bonds. The van der Waals surface area contributed by atoms with Crippen molar-refractivity contribution < 1.29 is 24.2 Å². The van der Waals surface area contributed by atoms with Crippen molar-refractivity contribution in [2.75, 3.05) is 19.7 Å². The number of ether oxygens (including phenoxy) is 1. The van der Waals surface area contributed by atoms with Crippen LogP contribution in [0.5, 0.6) is 0 Å². The Kier molecular flexibility index (Phi) is 6.26. The van der Waals surface area contributed by atoms with E-state index in [1.807, 2.05) is 24.3 Å². The summed E-state index contributed by atoms with van der Waals surface area (Å²) in [6.07, 6.45) is 3.22. The number of nitrogens with one attached hydrogen (secondary N) is 1. The number of rotatable bonds is 6. The molecule has 2 N–H and O–H groups in total. The van der Waals surface area contributed by atoms with Crippen molar-refractivity contribution in [2.24, 2.45) is 11.8 Å². The molecule has 7 heteroatoms. The number of carboxylic acid groups (broad SMARTS) is 1. The summed E-state index contributed by atoms with van der Waals surface area (Å²) >= 11 is 0. The van der Waals surface area contributed by atoms with E-state index >= 15 is 0 Å². The maximum atomic E-state index is 13.1. The number of carbonyl (C=O) groups excluding carboxylic acids is 2. The Morgan fingerprint density at radius 1 is 0.941 bits per heavy atom. The molecule has 0 radical (unpaired) electrons. The smallest absolute Gasteiger partial charge is 0.407 e. The highest BCUT2D eigenvalue weighted by Gasteiger charge is 2.41. The molecule has 3 atom stereocenters. The zero-order valence-electron chi connectivity index (χ0n) is 19.1. The minimum Gasteiger partial charge on any atom is -0.480 e. The van der Waals surface area contributed by atoms with Crippen LogP contribution in [0.15, 0.2) is 48.5 Å². The van der Waals surface area contributed by atoms with Gasteiger partial charge in [0.1, 0.15) is 12.6 Å². The summed E-state index contributed by atoms with van der Waals surface area (Å²) in [5.41, 5.74) is 4.69. The van der Waals surface area contributed by atoms with Crippen molar-refractivity contribution in [3.8, 4) is 11.1 Å². The first kappa shape index (κ1) is 22.4. The van der Waals surface area contributed by atoms with Gasteiger partial charge in [0.25, 0.3) is 0 Å². The highest BCUT2D eigenvalue weighted by molar-refractivity contribution is 5.86. The first-order valence-corrected chi connectivity index (χ1v) is 12.2. The largest absolute Gasteiger partial charge is 0.480 e. The van der Waals surface area contributed by atoms with Gasteiger partial charge in [0, 0.05) is 24.9 Å². The van der Waals surface area contributed by atoms with E-state index in [9.17, 15) is 19.5 Å². The molecule has 2 aliphatic carbocycles. The second-order valence-electron chi connectivity index (χ2n) is 9.53. The lowest BCUT2D eigenvalue weighted by Gasteiger charge is -2.28. The van der Waals surface area contributed by atoms with Gasteiger partial charge in [0.05, 0.1) is 0 Å². The fourth-order valence-electron chi connectivity index (χ4n) is 5.97. The summed E-state index contributed by atoms with van der Waals surface area (Å²) < 4.78 is 5.62. The van der Waals surface area contributed by atoms with Crippen molar-refractivity contribution >= 4 is 18.0 Å². The lowest BCUT2D eigenvalue weighted by Crippen LogP contribution is -2.45. The Bertz CT molecular complexity index is 1050. The number of fused-ring (bicyclic) bond motifs is 3. The molecule has 3 aliphatic rings. The van der Waals surface area contributed by atoms with Crippen molar-refractivity contribution in [1.82, 2.24) is 10.2 Å². The number of amides is 2. The Labute approximate surface area is 199 Å². The van der Waals surface area contributed by atoms with Gasteiger partial charge < -0.3 is 20.1 Å². The van der Waals surface area contributed by atoms with Crippen molar-refractivity contribution in [2.45, 2.75) is 44.1 Å². The van der Waals surface area contributed by atoms with E-state index in [0.717, 1.165) is 36.8 Å². The third-order valence-electron chi connectivity index (χ3n) is 7.65. The van der Waals surface area contributed by atoms with Crippen LogP contribution in [0.4, 0.5) is 4.79 Å². The normalized spacial score (nSPS) is 23.4. The average Bonchev–Trinajstić information content (AvgIpc) is 3.59. The van der Waals surface area contributed by atoms with Crippen LogP contribution in [0, 0.1) is 11.8 Å². The molecule has 5 rings (SSSR count). The van der Waals surface area contributed by atoms with E-state index in [1.54, 1.807) is 0 Å². The van der Waals surface area contributed by atoms with Crippen molar-refractivity contribution in [1.29, 1.82) is 0 Å². The summed E-state index contributed by atoms with van der Waals surface area (Å²) in [6.45, 7) is 1.11. The summed E-state index contributed by atoms with van der Waals surface area (Å²) in [6, 6.07) is 15.7. The number of hydrogen-bond acceptors (Lipinski definition) is 4. The lowest BCUT2D eigenvalue weighted by molar-refractivity contribution is -0.150. The molecule has 7 nitrogen and oxygen atoms in total. The third-order valence-corrected chi connectivity index (χ3v) is 7.65. The van der Waals surface area contributed by atoms with Crippen LogP contribution in [0.1, 0.15) is 49.1 Å². The van der Waals surface area contributed by atoms with Gasteiger partial charge in [-0.1, -0.05) is 55.0 Å². The first-order chi connectivity index (χ1) is 16.5. The van der Waals surface area contributed by atoms with Gasteiger partial charge in [0.15, 0.2) is 0 Å². The molecule has 1 heterocycles. The van der Waals surface area contributed by atoms with Gasteiger partial charge in [-0.05, 0) is 53.9 Å². The average molecular weight is 463 g/mol. The lowest BCUT2D eigenvalue weighted by atomic mass is 9.94. The predicted octanol–water partition coefficient (Wildman–Crippen LogP) is 4.02. The number of carbonyl (C=O) groups is 3. The van der Waals surface area contributed by atoms with E-state index in [0.29, 0.717) is 19.5 Å². The number of carboxylic acids is 1. The number of likely N-dealkylation sites (tertiary alicyclic amines) is 1. The van der Waals surface area contributed by atoms with E-state index in [4.69, 9.17) is 4.74 Å². The predicted molar refractivity (Wildman–Crippen MR) is 126 cm³/mol. The molecule has 0 spiro atoms. The second-order valence-corrected chi connectivity index (χ2v) is 9.53. The molecule has 1 saturated heterocycles. The molecule has 34 heavy (non-hydrogen) atoms. The van der Waals surface area contributed by atoms with Crippen LogP contribution in [-0.4, -0.2) is 53.7 Å². The van der Waals surface area contributed by atoms with Gasteiger partial charge in [-0.25, -0.2) is 9.59 Å². The van der Waals surface area contributed by atoms with E-state index < -0.39 is 18.1 Å². The summed E-state index contributed by atoms with van der Waals surface area (Å²) in [7, 11) is 0. The van der Waals surface area contributed by atoms with Gasteiger partial charge >= 0.3 is 12.1 Å². The van der Waals surface area contributed by atoms with Crippen LogP contribution in [0.2, 0.25) is 0 Å². The van der Waals surface area contributed by atoms with Gasteiger partial charge in [-0.2, -0.15) is 0 Å². The molecule has 1 saturated carbocycles. The number of hydrogen-bond donors (Lipinski definition) is 2. The molecule has 2 fully saturated rings. The fourth-order valence-corrected chi connectivity index (χ4v) is 5.97. The third kappa shape index (κ3) is 4.15. The minimum absolute atomic E-state index is 0.00192. The van der Waals surface area contributed by atoms with Crippen LogP contribution >= 0.6 is 0 Å². The molecular formula is C27H30N2O5. The molecule has 1 aliphatic heterocycles. The topological polar surface area (TPSA) is 95.9 Å². The van der Waals surface area contributed by atoms with Crippen molar-refractivity contribution in [3.05, 3.63) is 59.7 Å². The van der Waals surface area contributed by atoms with Crippen LogP contribution in [0.25, 0.3) is 11.1 Å². The van der Waals surface area contributed by atoms with Crippen LogP contribution < -0.4 is 5.32 Å². The maximum Gasteiger partial charge on any atom is 0.407 e. The zero-order chi connectivity index (χ0) is 23.7. The minimum atomic E-state index is -0.933. The molecule has 0 bridgehead atoms. The Balaban J connectivity index is 1.17. The number of benzene rings is 2. The highest BCUT2D eigenvalue weighted by Crippen LogP contribution is 2.44. The maximum absolute atomic E-state index is 13.1. The quantitative estimate of drug-likeness (QED) is 0.676. The highest BCUT2D eigenvalue weighted by atomic mass is 16.5. The number of aliphatic carboxylic acids is 1. The van der Waals surface area contributed by atoms with Gasteiger partial charge in [-0.15, -0.1) is 0 Å². The summed E-state index contributed by atoms with van der Waals surface area (Å²) in [5.74, 6) is -1.25. The van der Waals surface area contributed by atoms with Gasteiger partial charge in [0.2, 0.25) is 5.91 Å². The van der Waals surface area contributed by atoms with Crippen LogP contribution in [0.3, 0.4) is 0 Å². The number of nitrogens with zero attached hydrogens (tertiary/aromatic N) is 1.